The van der Waals surface area contributed by atoms with E-state index in [0.717, 1.165) is 19.3 Å². The fraction of sp³-hybridized carbons (Fsp3) is 0.417. The van der Waals surface area contributed by atoms with Crippen molar-refractivity contribution in [1.29, 1.82) is 0 Å². The fourth-order valence-corrected chi connectivity index (χ4v) is 1.80. The molecule has 16 heavy (non-hydrogen) atoms. The topological polar surface area (TPSA) is 55.1 Å². The smallest absolute Gasteiger partial charge is 0.251 e. The van der Waals surface area contributed by atoms with Crippen LogP contribution < -0.4 is 11.1 Å². The van der Waals surface area contributed by atoms with Gasteiger partial charge in [-0.2, -0.15) is 0 Å². The van der Waals surface area contributed by atoms with Gasteiger partial charge in [0.1, 0.15) is 5.82 Å². The first-order chi connectivity index (χ1) is 7.59. The van der Waals surface area contributed by atoms with Gasteiger partial charge < -0.3 is 11.1 Å². The molecule has 0 unspecified atom stereocenters. The van der Waals surface area contributed by atoms with Crippen LogP contribution in [-0.4, -0.2) is 18.0 Å². The molecule has 0 bridgehead atoms. The monoisotopic (exact) mass is 222 g/mol. The van der Waals surface area contributed by atoms with Crippen molar-refractivity contribution in [2.45, 2.75) is 24.8 Å². The van der Waals surface area contributed by atoms with Crippen LogP contribution in [0.1, 0.15) is 29.6 Å². The summed E-state index contributed by atoms with van der Waals surface area (Å²) >= 11 is 0. The molecule has 0 aliphatic heterocycles. The lowest BCUT2D eigenvalue weighted by Crippen LogP contribution is -2.54. The van der Waals surface area contributed by atoms with Crippen LogP contribution in [0.25, 0.3) is 0 Å². The Hall–Kier alpha value is -1.42. The van der Waals surface area contributed by atoms with Crippen LogP contribution in [0.5, 0.6) is 0 Å². The Kier molecular flexibility index (Phi) is 2.92. The summed E-state index contributed by atoms with van der Waals surface area (Å²) in [5.74, 6) is -0.671. The third-order valence-electron chi connectivity index (χ3n) is 3.04. The van der Waals surface area contributed by atoms with Crippen molar-refractivity contribution in [1.82, 2.24) is 5.32 Å². The lowest BCUT2D eigenvalue weighted by molar-refractivity contribution is 0.0929. The van der Waals surface area contributed by atoms with E-state index in [1.807, 2.05) is 0 Å². The summed E-state index contributed by atoms with van der Waals surface area (Å²) in [6.45, 7) is 0.461. The molecule has 1 saturated carbocycles. The highest BCUT2D eigenvalue weighted by Gasteiger charge is 2.32. The minimum Gasteiger partial charge on any atom is -0.350 e. The lowest BCUT2D eigenvalue weighted by Gasteiger charge is -2.38. The zero-order valence-corrected chi connectivity index (χ0v) is 9.00. The van der Waals surface area contributed by atoms with Crippen LogP contribution in [0.15, 0.2) is 24.3 Å². The number of nitrogens with one attached hydrogen (secondary N) is 1. The summed E-state index contributed by atoms with van der Waals surface area (Å²) in [7, 11) is 0. The van der Waals surface area contributed by atoms with Gasteiger partial charge in [-0.05, 0) is 37.5 Å². The van der Waals surface area contributed by atoms with E-state index in [4.69, 9.17) is 5.73 Å². The summed E-state index contributed by atoms with van der Waals surface area (Å²) in [6, 6.07) is 5.64. The predicted octanol–water partition coefficient (Wildman–Crippen LogP) is 1.44. The Bertz CT molecular complexity index is 402. The second-order valence-corrected chi connectivity index (χ2v) is 4.41. The van der Waals surface area contributed by atoms with Crippen LogP contribution >= 0.6 is 0 Å². The highest BCUT2D eigenvalue weighted by atomic mass is 19.1. The van der Waals surface area contributed by atoms with E-state index >= 15 is 0 Å². The zero-order valence-electron chi connectivity index (χ0n) is 9.00. The molecule has 1 amide bonds. The van der Waals surface area contributed by atoms with Crippen LogP contribution in [0.2, 0.25) is 0 Å². The van der Waals surface area contributed by atoms with Gasteiger partial charge in [0.2, 0.25) is 0 Å². The first kappa shape index (κ1) is 11.1. The Morgan fingerprint density at radius 3 is 2.81 bits per heavy atom. The van der Waals surface area contributed by atoms with Gasteiger partial charge in [-0.25, -0.2) is 4.39 Å². The van der Waals surface area contributed by atoms with Crippen molar-refractivity contribution in [2.24, 2.45) is 5.73 Å². The highest BCUT2D eigenvalue weighted by molar-refractivity contribution is 5.94. The van der Waals surface area contributed by atoms with Gasteiger partial charge >= 0.3 is 0 Å². The highest BCUT2D eigenvalue weighted by Crippen LogP contribution is 2.28. The number of amides is 1. The molecule has 0 aromatic heterocycles. The SMILES string of the molecule is NC1(CNC(=O)c2cccc(F)c2)CCC1. The molecule has 4 heteroatoms. The number of carbonyl (C=O) groups is 1. The molecule has 1 aromatic carbocycles. The number of hydrogen-bond donors (Lipinski definition) is 2. The summed E-state index contributed by atoms with van der Waals surface area (Å²) in [6.07, 6.45) is 3.00. The van der Waals surface area contributed by atoms with Crippen molar-refractivity contribution in [3.63, 3.8) is 0 Å². The average Bonchev–Trinajstić information content (AvgIpc) is 2.23. The Morgan fingerprint density at radius 1 is 1.50 bits per heavy atom. The Labute approximate surface area is 93.8 Å². The van der Waals surface area contributed by atoms with Crippen molar-refractivity contribution in [2.75, 3.05) is 6.54 Å². The summed E-state index contributed by atoms with van der Waals surface area (Å²) < 4.78 is 12.9. The van der Waals surface area contributed by atoms with Crippen molar-refractivity contribution in [3.8, 4) is 0 Å². The van der Waals surface area contributed by atoms with E-state index in [1.54, 1.807) is 6.07 Å². The van der Waals surface area contributed by atoms with E-state index in [-0.39, 0.29) is 11.4 Å². The second kappa shape index (κ2) is 4.22. The minimum atomic E-state index is -0.404. The summed E-state index contributed by atoms with van der Waals surface area (Å²) in [4.78, 5) is 11.7. The molecule has 1 aliphatic rings. The van der Waals surface area contributed by atoms with Crippen molar-refractivity contribution >= 4 is 5.91 Å². The predicted molar refractivity (Wildman–Crippen MR) is 59.5 cm³/mol. The number of carbonyl (C=O) groups excluding carboxylic acids is 1. The van der Waals surface area contributed by atoms with E-state index < -0.39 is 5.82 Å². The van der Waals surface area contributed by atoms with Crippen LogP contribution in [0.3, 0.4) is 0 Å². The molecule has 86 valence electrons. The molecule has 1 aromatic rings. The lowest BCUT2D eigenvalue weighted by atomic mass is 9.78. The number of hydrogen-bond acceptors (Lipinski definition) is 2. The Morgan fingerprint density at radius 2 is 2.25 bits per heavy atom. The number of halogens is 1. The minimum absolute atomic E-state index is 0.247. The first-order valence-corrected chi connectivity index (χ1v) is 5.42. The molecule has 0 spiro atoms. The van der Waals surface area contributed by atoms with Gasteiger partial charge in [0.15, 0.2) is 0 Å². The fourth-order valence-electron chi connectivity index (χ4n) is 1.80. The molecular weight excluding hydrogens is 207 g/mol. The van der Waals surface area contributed by atoms with E-state index in [1.165, 1.54) is 18.2 Å². The third kappa shape index (κ3) is 2.39. The maximum atomic E-state index is 12.9. The van der Waals surface area contributed by atoms with Gasteiger partial charge in [-0.1, -0.05) is 6.07 Å². The summed E-state index contributed by atoms with van der Waals surface area (Å²) in [5, 5.41) is 2.74. The quantitative estimate of drug-likeness (QED) is 0.813. The molecule has 0 heterocycles. The van der Waals surface area contributed by atoms with Crippen LogP contribution in [0.4, 0.5) is 4.39 Å². The Balaban J connectivity index is 1.93. The maximum Gasteiger partial charge on any atom is 0.251 e. The number of nitrogens with two attached hydrogens (primary N) is 1. The zero-order chi connectivity index (χ0) is 11.6. The van der Waals surface area contributed by atoms with E-state index in [0.29, 0.717) is 12.1 Å². The van der Waals surface area contributed by atoms with Crippen LogP contribution in [-0.2, 0) is 0 Å². The number of benzene rings is 1. The van der Waals surface area contributed by atoms with Gasteiger partial charge in [0.25, 0.3) is 5.91 Å². The maximum absolute atomic E-state index is 12.9. The third-order valence-corrected chi connectivity index (χ3v) is 3.04. The normalized spacial score (nSPS) is 17.6. The summed E-state index contributed by atoms with van der Waals surface area (Å²) in [5.41, 5.74) is 6.06. The first-order valence-electron chi connectivity index (χ1n) is 5.42. The molecule has 1 fully saturated rings. The van der Waals surface area contributed by atoms with Crippen molar-refractivity contribution in [3.05, 3.63) is 35.6 Å². The molecule has 0 radical (unpaired) electrons. The van der Waals surface area contributed by atoms with Gasteiger partial charge in [-0.15, -0.1) is 0 Å². The largest absolute Gasteiger partial charge is 0.350 e. The molecule has 3 N–H and O–H groups in total. The standard InChI is InChI=1S/C12H15FN2O/c13-10-4-1-3-9(7-10)11(16)15-8-12(14)5-2-6-12/h1,3-4,7H,2,5-6,8,14H2,(H,15,16). The second-order valence-electron chi connectivity index (χ2n) is 4.41. The molecule has 2 rings (SSSR count). The molecule has 3 nitrogen and oxygen atoms in total. The van der Waals surface area contributed by atoms with E-state index in [2.05, 4.69) is 5.32 Å². The molecular formula is C12H15FN2O. The average molecular weight is 222 g/mol. The molecule has 0 saturated heterocycles. The van der Waals surface area contributed by atoms with Gasteiger partial charge in [0.05, 0.1) is 0 Å². The number of rotatable bonds is 3. The van der Waals surface area contributed by atoms with Crippen LogP contribution in [0, 0.1) is 5.82 Å². The molecule has 1 aliphatic carbocycles. The van der Waals surface area contributed by atoms with Gasteiger partial charge in [-0.3, -0.25) is 4.79 Å². The van der Waals surface area contributed by atoms with Crippen molar-refractivity contribution < 1.29 is 9.18 Å². The van der Waals surface area contributed by atoms with Gasteiger partial charge in [0, 0.05) is 17.6 Å². The molecule has 0 atom stereocenters. The van der Waals surface area contributed by atoms with E-state index in [9.17, 15) is 9.18 Å².